The maximum Gasteiger partial charge on any atom is 0.224 e. The average molecular weight is 256 g/mol. The predicted octanol–water partition coefficient (Wildman–Crippen LogP) is 2.62. The molecule has 0 aliphatic rings. The van der Waals surface area contributed by atoms with E-state index in [1.807, 2.05) is 12.1 Å². The second-order valence-corrected chi connectivity index (χ2v) is 3.66. The minimum absolute atomic E-state index is 0.133. The zero-order chi connectivity index (χ0) is 13.0. The molecule has 0 atom stereocenters. The van der Waals surface area contributed by atoms with E-state index < -0.39 is 0 Å². The van der Waals surface area contributed by atoms with Gasteiger partial charge in [0.2, 0.25) is 5.28 Å². The van der Waals surface area contributed by atoms with Crippen molar-refractivity contribution in [3.05, 3.63) is 46.9 Å². The molecule has 6 heteroatoms. The Morgan fingerprint density at radius 3 is 2.56 bits per heavy atom. The first-order chi connectivity index (χ1) is 8.72. The predicted molar refractivity (Wildman–Crippen MR) is 66.2 cm³/mol. The molecule has 0 aliphatic carbocycles. The van der Waals surface area contributed by atoms with Gasteiger partial charge in [-0.05, 0) is 35.9 Å². The van der Waals surface area contributed by atoms with Crippen molar-refractivity contribution in [2.24, 2.45) is 0 Å². The van der Waals surface area contributed by atoms with Crippen LogP contribution in [0.2, 0.25) is 5.28 Å². The van der Waals surface area contributed by atoms with Gasteiger partial charge in [-0.25, -0.2) is 9.97 Å². The molecular formula is C12H6ClN5. The van der Waals surface area contributed by atoms with Crippen LogP contribution in [0.3, 0.4) is 0 Å². The summed E-state index contributed by atoms with van der Waals surface area (Å²) in [5.74, 6) is 0.517. The zero-order valence-corrected chi connectivity index (χ0v) is 9.81. The van der Waals surface area contributed by atoms with Crippen LogP contribution in [0.15, 0.2) is 30.5 Å². The number of nitrogens with zero attached hydrogens (tertiary/aromatic N) is 4. The van der Waals surface area contributed by atoms with Crippen LogP contribution in [0.5, 0.6) is 0 Å². The summed E-state index contributed by atoms with van der Waals surface area (Å²) in [4.78, 5) is 7.72. The molecule has 0 saturated heterocycles. The molecule has 1 N–H and O–H groups in total. The third-order valence-electron chi connectivity index (χ3n) is 2.16. The van der Waals surface area contributed by atoms with Gasteiger partial charge in [-0.15, -0.1) is 0 Å². The van der Waals surface area contributed by atoms with Crippen molar-refractivity contribution in [3.8, 4) is 12.1 Å². The number of rotatable bonds is 2. The molecule has 18 heavy (non-hydrogen) atoms. The molecule has 0 spiro atoms. The van der Waals surface area contributed by atoms with Gasteiger partial charge in [0.25, 0.3) is 0 Å². The van der Waals surface area contributed by atoms with Gasteiger partial charge in [0.15, 0.2) is 0 Å². The van der Waals surface area contributed by atoms with E-state index in [0.717, 1.165) is 0 Å². The molecule has 1 aromatic carbocycles. The first kappa shape index (κ1) is 11.8. The van der Waals surface area contributed by atoms with Crippen LogP contribution in [0.1, 0.15) is 11.1 Å². The molecule has 86 valence electrons. The first-order valence-electron chi connectivity index (χ1n) is 4.93. The van der Waals surface area contributed by atoms with Crippen molar-refractivity contribution in [1.29, 1.82) is 10.5 Å². The molecule has 0 aliphatic heterocycles. The number of hydrogen-bond donors (Lipinski definition) is 1. The van der Waals surface area contributed by atoms with Crippen LogP contribution < -0.4 is 5.32 Å². The summed E-state index contributed by atoms with van der Waals surface area (Å²) in [6.07, 6.45) is 1.52. The summed E-state index contributed by atoms with van der Waals surface area (Å²) in [5, 5.41) is 20.8. The Morgan fingerprint density at radius 2 is 1.89 bits per heavy atom. The van der Waals surface area contributed by atoms with Crippen molar-refractivity contribution in [2.75, 3.05) is 5.32 Å². The van der Waals surface area contributed by atoms with Gasteiger partial charge >= 0.3 is 0 Å². The number of aromatic nitrogens is 2. The standard InChI is InChI=1S/C12H6ClN5/c13-12-16-4-3-11(18-12)17-10-2-1-8(6-14)9(5-10)7-15/h1-5H,(H,16,17,18). The molecule has 5 nitrogen and oxygen atoms in total. The Bertz CT molecular complexity index is 669. The highest BCUT2D eigenvalue weighted by Gasteiger charge is 2.04. The molecule has 0 unspecified atom stereocenters. The van der Waals surface area contributed by atoms with E-state index >= 15 is 0 Å². The van der Waals surface area contributed by atoms with E-state index in [0.29, 0.717) is 22.6 Å². The molecule has 0 fully saturated rings. The quantitative estimate of drug-likeness (QED) is 0.834. The maximum atomic E-state index is 8.91. The summed E-state index contributed by atoms with van der Waals surface area (Å²) >= 11 is 5.66. The third-order valence-corrected chi connectivity index (χ3v) is 2.34. The third kappa shape index (κ3) is 2.54. The Labute approximate surface area is 108 Å². The zero-order valence-electron chi connectivity index (χ0n) is 9.05. The largest absolute Gasteiger partial charge is 0.340 e. The van der Waals surface area contributed by atoms with E-state index in [1.165, 1.54) is 6.20 Å². The summed E-state index contributed by atoms with van der Waals surface area (Å²) in [6, 6.07) is 10.4. The average Bonchev–Trinajstić information content (AvgIpc) is 2.38. The van der Waals surface area contributed by atoms with Crippen LogP contribution in [0.4, 0.5) is 11.5 Å². The first-order valence-corrected chi connectivity index (χ1v) is 5.30. The minimum atomic E-state index is 0.133. The molecule has 0 bridgehead atoms. The normalized spacial score (nSPS) is 9.28. The fraction of sp³-hybridized carbons (Fsp3) is 0. The topological polar surface area (TPSA) is 85.4 Å². The molecule has 0 amide bonds. The van der Waals surface area contributed by atoms with Crippen molar-refractivity contribution >= 4 is 23.1 Å². The van der Waals surface area contributed by atoms with Gasteiger partial charge < -0.3 is 5.32 Å². The number of benzene rings is 1. The second kappa shape index (κ2) is 5.13. The smallest absolute Gasteiger partial charge is 0.224 e. The van der Waals surface area contributed by atoms with Gasteiger partial charge in [-0.1, -0.05) is 0 Å². The molecule has 0 saturated carbocycles. The van der Waals surface area contributed by atoms with E-state index in [2.05, 4.69) is 15.3 Å². The summed E-state index contributed by atoms with van der Waals surface area (Å²) in [7, 11) is 0. The van der Waals surface area contributed by atoms with Gasteiger partial charge in [0.1, 0.15) is 18.0 Å². The molecular weight excluding hydrogens is 250 g/mol. The Balaban J connectivity index is 2.31. The molecule has 2 aromatic rings. The van der Waals surface area contributed by atoms with Gasteiger partial charge in [0.05, 0.1) is 11.1 Å². The van der Waals surface area contributed by atoms with Crippen molar-refractivity contribution in [3.63, 3.8) is 0 Å². The lowest BCUT2D eigenvalue weighted by molar-refractivity contribution is 1.17. The fourth-order valence-corrected chi connectivity index (χ4v) is 1.51. The Morgan fingerprint density at radius 1 is 1.11 bits per heavy atom. The highest BCUT2D eigenvalue weighted by molar-refractivity contribution is 6.28. The SMILES string of the molecule is N#Cc1ccc(Nc2ccnc(Cl)n2)cc1C#N. The second-order valence-electron chi connectivity index (χ2n) is 3.32. The fourth-order valence-electron chi connectivity index (χ4n) is 1.36. The lowest BCUT2D eigenvalue weighted by atomic mass is 10.1. The van der Waals surface area contributed by atoms with Crippen LogP contribution in [0, 0.1) is 22.7 Å². The lowest BCUT2D eigenvalue weighted by Crippen LogP contribution is -1.95. The van der Waals surface area contributed by atoms with Gasteiger partial charge in [-0.3, -0.25) is 0 Å². The van der Waals surface area contributed by atoms with Crippen LogP contribution >= 0.6 is 11.6 Å². The maximum absolute atomic E-state index is 8.91. The Kier molecular flexibility index (Phi) is 3.38. The van der Waals surface area contributed by atoms with Crippen molar-refractivity contribution in [1.82, 2.24) is 9.97 Å². The lowest BCUT2D eigenvalue weighted by Gasteiger charge is -2.06. The number of halogens is 1. The highest BCUT2D eigenvalue weighted by Crippen LogP contribution is 2.18. The monoisotopic (exact) mass is 255 g/mol. The van der Waals surface area contributed by atoms with Gasteiger partial charge in [-0.2, -0.15) is 10.5 Å². The van der Waals surface area contributed by atoms with Crippen molar-refractivity contribution in [2.45, 2.75) is 0 Å². The van der Waals surface area contributed by atoms with E-state index in [9.17, 15) is 0 Å². The molecule has 0 radical (unpaired) electrons. The summed E-state index contributed by atoms with van der Waals surface area (Å²) in [5.41, 5.74) is 1.30. The van der Waals surface area contributed by atoms with Crippen LogP contribution in [-0.2, 0) is 0 Å². The number of anilines is 2. The van der Waals surface area contributed by atoms with Crippen LogP contribution in [0.25, 0.3) is 0 Å². The number of nitriles is 2. The number of hydrogen-bond acceptors (Lipinski definition) is 5. The van der Waals surface area contributed by atoms with E-state index in [-0.39, 0.29) is 5.28 Å². The molecule has 2 rings (SSSR count). The molecule has 1 aromatic heterocycles. The molecule has 1 heterocycles. The summed E-state index contributed by atoms with van der Waals surface area (Å²) < 4.78 is 0. The minimum Gasteiger partial charge on any atom is -0.340 e. The van der Waals surface area contributed by atoms with Crippen LogP contribution in [-0.4, -0.2) is 9.97 Å². The van der Waals surface area contributed by atoms with E-state index in [1.54, 1.807) is 24.3 Å². The number of nitrogens with one attached hydrogen (secondary N) is 1. The Hall–Kier alpha value is -2.63. The summed E-state index contributed by atoms with van der Waals surface area (Å²) in [6.45, 7) is 0. The van der Waals surface area contributed by atoms with Crippen molar-refractivity contribution < 1.29 is 0 Å². The van der Waals surface area contributed by atoms with Gasteiger partial charge in [0, 0.05) is 11.9 Å². The highest BCUT2D eigenvalue weighted by atomic mass is 35.5. The van der Waals surface area contributed by atoms with E-state index in [4.69, 9.17) is 22.1 Å².